The second kappa shape index (κ2) is 8.54. The van der Waals surface area contributed by atoms with Gasteiger partial charge in [-0.25, -0.2) is 0 Å². The molecule has 30 heavy (non-hydrogen) atoms. The highest BCUT2D eigenvalue weighted by molar-refractivity contribution is 8.03. The molecule has 0 spiro atoms. The number of carboxylic acid groups (broad SMARTS) is 1. The molecule has 2 atom stereocenters. The van der Waals surface area contributed by atoms with Crippen molar-refractivity contribution < 1.29 is 9.90 Å². The SMILES string of the molecule is O=C(O)CC1(N2CCC(N[C@@H]3C[C@H]3c3ccccc3)CC2)CN(CC2=CNCS2)C1. The molecule has 1 saturated carbocycles. The molecule has 3 heterocycles. The molecular formula is C23H32N4O2S. The Bertz CT molecular complexity index is 788. The third-order valence-corrected chi connectivity index (χ3v) is 8.06. The number of rotatable bonds is 8. The Balaban J connectivity index is 1.11. The molecule has 3 aliphatic heterocycles. The number of nitrogens with zero attached hydrogens (tertiary/aromatic N) is 2. The van der Waals surface area contributed by atoms with Gasteiger partial charge in [-0.1, -0.05) is 30.3 Å². The zero-order valence-corrected chi connectivity index (χ0v) is 18.2. The van der Waals surface area contributed by atoms with Crippen LogP contribution in [-0.4, -0.2) is 77.1 Å². The van der Waals surface area contributed by atoms with E-state index in [2.05, 4.69) is 57.0 Å². The molecule has 1 aromatic carbocycles. The number of benzene rings is 1. The lowest BCUT2D eigenvalue weighted by Crippen LogP contribution is -2.72. The molecule has 0 unspecified atom stereocenters. The Morgan fingerprint density at radius 3 is 2.67 bits per heavy atom. The summed E-state index contributed by atoms with van der Waals surface area (Å²) in [5.74, 6) is 0.950. The molecule has 162 valence electrons. The fourth-order valence-corrected chi connectivity index (χ4v) is 6.31. The summed E-state index contributed by atoms with van der Waals surface area (Å²) in [6.07, 6.45) is 5.82. The van der Waals surface area contributed by atoms with Gasteiger partial charge in [-0.2, -0.15) is 0 Å². The lowest BCUT2D eigenvalue weighted by molar-refractivity contribution is -0.146. The summed E-state index contributed by atoms with van der Waals surface area (Å²) in [6, 6.07) is 12.0. The molecule has 4 aliphatic rings. The van der Waals surface area contributed by atoms with Crippen LogP contribution in [0, 0.1) is 0 Å². The van der Waals surface area contributed by atoms with Crippen LogP contribution in [0.25, 0.3) is 0 Å². The average molecular weight is 429 g/mol. The molecule has 0 bridgehead atoms. The lowest BCUT2D eigenvalue weighted by Gasteiger charge is -2.57. The van der Waals surface area contributed by atoms with E-state index in [1.54, 1.807) is 0 Å². The number of aliphatic carboxylic acids is 1. The topological polar surface area (TPSA) is 67.8 Å². The van der Waals surface area contributed by atoms with Crippen LogP contribution in [0.5, 0.6) is 0 Å². The van der Waals surface area contributed by atoms with Crippen molar-refractivity contribution in [3.8, 4) is 0 Å². The molecule has 0 amide bonds. The minimum absolute atomic E-state index is 0.180. The van der Waals surface area contributed by atoms with Crippen LogP contribution < -0.4 is 10.6 Å². The van der Waals surface area contributed by atoms with Gasteiger partial charge in [0.25, 0.3) is 0 Å². The highest BCUT2D eigenvalue weighted by Gasteiger charge is 2.50. The van der Waals surface area contributed by atoms with Crippen molar-refractivity contribution in [3.05, 3.63) is 47.0 Å². The predicted molar refractivity (Wildman–Crippen MR) is 120 cm³/mol. The van der Waals surface area contributed by atoms with E-state index in [9.17, 15) is 9.90 Å². The number of carboxylic acids is 1. The minimum Gasteiger partial charge on any atom is -0.481 e. The monoisotopic (exact) mass is 428 g/mol. The molecule has 1 aromatic rings. The summed E-state index contributed by atoms with van der Waals surface area (Å²) >= 11 is 1.85. The van der Waals surface area contributed by atoms with Crippen molar-refractivity contribution in [3.63, 3.8) is 0 Å². The van der Waals surface area contributed by atoms with Crippen molar-refractivity contribution in [1.82, 2.24) is 20.4 Å². The van der Waals surface area contributed by atoms with Crippen LogP contribution in [0.4, 0.5) is 0 Å². The number of likely N-dealkylation sites (tertiary alicyclic amines) is 2. The van der Waals surface area contributed by atoms with E-state index in [0.29, 0.717) is 18.0 Å². The highest BCUT2D eigenvalue weighted by atomic mass is 32.2. The Labute approximate surface area is 183 Å². The van der Waals surface area contributed by atoms with Crippen LogP contribution >= 0.6 is 11.8 Å². The number of carbonyl (C=O) groups is 1. The Hall–Kier alpha value is -1.54. The lowest BCUT2D eigenvalue weighted by atomic mass is 9.82. The first-order valence-corrected chi connectivity index (χ1v) is 12.2. The van der Waals surface area contributed by atoms with Gasteiger partial charge in [0, 0.05) is 61.8 Å². The van der Waals surface area contributed by atoms with E-state index in [0.717, 1.165) is 51.4 Å². The van der Waals surface area contributed by atoms with Gasteiger partial charge in [0.2, 0.25) is 0 Å². The summed E-state index contributed by atoms with van der Waals surface area (Å²) in [5, 5.41) is 16.7. The van der Waals surface area contributed by atoms with Gasteiger partial charge in [0.05, 0.1) is 17.8 Å². The van der Waals surface area contributed by atoms with Crippen molar-refractivity contribution in [1.29, 1.82) is 0 Å². The summed E-state index contributed by atoms with van der Waals surface area (Å²) in [7, 11) is 0. The van der Waals surface area contributed by atoms with Gasteiger partial charge in [0.1, 0.15) is 0 Å². The molecular weight excluding hydrogens is 396 g/mol. The summed E-state index contributed by atoms with van der Waals surface area (Å²) in [6.45, 7) is 4.68. The second-order valence-corrected chi connectivity index (χ2v) is 10.4. The number of nitrogens with one attached hydrogen (secondary N) is 2. The third-order valence-electron chi connectivity index (χ3n) is 7.13. The van der Waals surface area contributed by atoms with Crippen molar-refractivity contribution in [2.24, 2.45) is 0 Å². The number of piperidine rings is 1. The Morgan fingerprint density at radius 1 is 1.23 bits per heavy atom. The van der Waals surface area contributed by atoms with E-state index in [1.807, 2.05) is 11.8 Å². The molecule has 0 radical (unpaired) electrons. The summed E-state index contributed by atoms with van der Waals surface area (Å²) in [4.78, 5) is 17.8. The van der Waals surface area contributed by atoms with Gasteiger partial charge in [-0.05, 0) is 24.8 Å². The average Bonchev–Trinajstić information content (AvgIpc) is 3.29. The molecule has 3 fully saturated rings. The maximum absolute atomic E-state index is 11.6. The van der Waals surface area contributed by atoms with Gasteiger partial charge < -0.3 is 15.7 Å². The quantitative estimate of drug-likeness (QED) is 0.587. The van der Waals surface area contributed by atoms with Crippen LogP contribution in [0.1, 0.15) is 37.2 Å². The summed E-state index contributed by atoms with van der Waals surface area (Å²) < 4.78 is 0. The second-order valence-electron chi connectivity index (χ2n) is 9.33. The molecule has 2 saturated heterocycles. The molecule has 7 heteroatoms. The predicted octanol–water partition coefficient (Wildman–Crippen LogP) is 2.26. The first-order valence-electron chi connectivity index (χ1n) is 11.2. The Morgan fingerprint density at radius 2 is 2.00 bits per heavy atom. The minimum atomic E-state index is -0.672. The smallest absolute Gasteiger partial charge is 0.305 e. The first-order chi connectivity index (χ1) is 14.6. The number of thioether (sulfide) groups is 1. The zero-order chi connectivity index (χ0) is 20.6. The van der Waals surface area contributed by atoms with E-state index in [-0.39, 0.29) is 12.0 Å². The van der Waals surface area contributed by atoms with Crippen LogP contribution in [0.15, 0.2) is 41.4 Å². The van der Waals surface area contributed by atoms with Gasteiger partial charge in [-0.3, -0.25) is 14.6 Å². The maximum atomic E-state index is 11.6. The Kier molecular flexibility index (Phi) is 5.79. The molecule has 6 nitrogen and oxygen atoms in total. The van der Waals surface area contributed by atoms with Crippen molar-refractivity contribution >= 4 is 17.7 Å². The molecule has 5 rings (SSSR count). The van der Waals surface area contributed by atoms with E-state index >= 15 is 0 Å². The standard InChI is InChI=1S/C23H32N4O2S/c28-22(29)11-23(14-26(15-23)13-19-12-24-16-30-19)27-8-6-18(7-9-27)25-21-10-20(21)17-4-2-1-3-5-17/h1-5,12,18,20-21,24-25H,6-11,13-16H2,(H,28,29)/t20-,21+/m0/s1. The van der Waals surface area contributed by atoms with Crippen LogP contribution in [-0.2, 0) is 4.79 Å². The van der Waals surface area contributed by atoms with Crippen LogP contribution in [0.3, 0.4) is 0 Å². The largest absolute Gasteiger partial charge is 0.481 e. The van der Waals surface area contributed by atoms with E-state index in [4.69, 9.17) is 0 Å². The van der Waals surface area contributed by atoms with Crippen LogP contribution in [0.2, 0.25) is 0 Å². The molecule has 3 N–H and O–H groups in total. The first kappa shape index (κ1) is 20.4. The number of hydrogen-bond donors (Lipinski definition) is 3. The maximum Gasteiger partial charge on any atom is 0.305 e. The summed E-state index contributed by atoms with van der Waals surface area (Å²) in [5.41, 5.74) is 1.27. The third kappa shape index (κ3) is 4.40. The highest BCUT2D eigenvalue weighted by Crippen LogP contribution is 2.42. The van der Waals surface area contributed by atoms with Crippen molar-refractivity contribution in [2.45, 2.75) is 49.2 Å². The van der Waals surface area contributed by atoms with Gasteiger partial charge >= 0.3 is 5.97 Å². The van der Waals surface area contributed by atoms with Gasteiger partial charge in [-0.15, -0.1) is 11.8 Å². The van der Waals surface area contributed by atoms with Crippen molar-refractivity contribution in [2.75, 3.05) is 38.6 Å². The molecule has 1 aliphatic carbocycles. The zero-order valence-electron chi connectivity index (χ0n) is 17.4. The molecule has 0 aromatic heterocycles. The fraction of sp³-hybridized carbons (Fsp3) is 0.609. The van der Waals surface area contributed by atoms with E-state index < -0.39 is 5.97 Å². The van der Waals surface area contributed by atoms with E-state index in [1.165, 1.54) is 16.9 Å². The normalized spacial score (nSPS) is 29.1. The van der Waals surface area contributed by atoms with Gasteiger partial charge in [0.15, 0.2) is 0 Å². The number of hydrogen-bond acceptors (Lipinski definition) is 6. The fourth-order valence-electron chi connectivity index (χ4n) is 5.52.